The van der Waals surface area contributed by atoms with Crippen LogP contribution in [-0.2, 0) is 4.79 Å². The molecule has 1 aliphatic rings. The van der Waals surface area contributed by atoms with Crippen molar-refractivity contribution in [1.82, 2.24) is 10.1 Å². The molecule has 0 aliphatic carbocycles. The number of nitrogens with zero attached hydrogens (tertiary/aromatic N) is 3. The van der Waals surface area contributed by atoms with Gasteiger partial charge in [0.1, 0.15) is 5.75 Å². The van der Waals surface area contributed by atoms with E-state index in [1.165, 1.54) is 0 Å². The van der Waals surface area contributed by atoms with Gasteiger partial charge >= 0.3 is 0 Å². The molecule has 0 N–H and O–H groups in total. The fourth-order valence-corrected chi connectivity index (χ4v) is 2.76. The van der Waals surface area contributed by atoms with E-state index in [9.17, 15) is 4.79 Å². The number of hydrogen-bond donors (Lipinski definition) is 0. The number of carbonyl (C=O) groups is 1. The molecule has 1 aromatic heterocycles. The molecule has 0 spiro atoms. The zero-order valence-electron chi connectivity index (χ0n) is 13.9. The van der Waals surface area contributed by atoms with Crippen molar-refractivity contribution < 1.29 is 14.1 Å². The molecule has 2 heterocycles. The predicted molar refractivity (Wildman–Crippen MR) is 85.8 cm³/mol. The molecular weight excluding hydrogens is 294 g/mol. The van der Waals surface area contributed by atoms with Gasteiger partial charge in [-0.15, -0.1) is 0 Å². The predicted octanol–water partition coefficient (Wildman–Crippen LogP) is 3.03. The topological polar surface area (TPSA) is 68.5 Å². The first-order valence-corrected chi connectivity index (χ1v) is 7.78. The fourth-order valence-electron chi connectivity index (χ4n) is 2.76. The Morgan fingerprint density at radius 1 is 1.39 bits per heavy atom. The van der Waals surface area contributed by atoms with E-state index in [1.807, 2.05) is 39.0 Å². The van der Waals surface area contributed by atoms with Crippen LogP contribution in [0.3, 0.4) is 0 Å². The van der Waals surface area contributed by atoms with E-state index in [0.29, 0.717) is 24.7 Å². The van der Waals surface area contributed by atoms with Gasteiger partial charge in [0.15, 0.2) is 5.82 Å². The standard InChI is InChI=1S/C17H21N3O3/c1-10(2)16-18-17(23-19-16)12-7-15(21)20(9-12)14-8-13(22-4)6-5-11(14)3/h5-6,8,10,12H,7,9H2,1-4H3. The molecule has 2 aromatic rings. The average Bonchev–Trinajstić information content (AvgIpc) is 3.14. The lowest BCUT2D eigenvalue weighted by Crippen LogP contribution is -2.25. The molecule has 3 rings (SSSR count). The van der Waals surface area contributed by atoms with Gasteiger partial charge in [-0.25, -0.2) is 0 Å². The molecule has 1 unspecified atom stereocenters. The van der Waals surface area contributed by atoms with Crippen molar-refractivity contribution in [2.75, 3.05) is 18.6 Å². The molecule has 6 heteroatoms. The lowest BCUT2D eigenvalue weighted by molar-refractivity contribution is -0.117. The van der Waals surface area contributed by atoms with Crippen molar-refractivity contribution in [3.05, 3.63) is 35.5 Å². The second kappa shape index (κ2) is 6.02. The number of ether oxygens (including phenoxy) is 1. The summed E-state index contributed by atoms with van der Waals surface area (Å²) < 4.78 is 10.6. The minimum Gasteiger partial charge on any atom is -0.497 e. The van der Waals surface area contributed by atoms with Gasteiger partial charge in [-0.2, -0.15) is 4.98 Å². The minimum atomic E-state index is -0.0619. The summed E-state index contributed by atoms with van der Waals surface area (Å²) in [6, 6.07) is 5.74. The Bertz CT molecular complexity index is 724. The Kier molecular flexibility index (Phi) is 4.07. The highest BCUT2D eigenvalue weighted by Gasteiger charge is 2.36. The van der Waals surface area contributed by atoms with Gasteiger partial charge in [-0.05, 0) is 18.6 Å². The molecule has 0 saturated carbocycles. The molecule has 1 aromatic carbocycles. The molecule has 0 bridgehead atoms. The Labute approximate surface area is 135 Å². The number of hydrogen-bond acceptors (Lipinski definition) is 5. The maximum atomic E-state index is 12.4. The van der Waals surface area contributed by atoms with Gasteiger partial charge in [0, 0.05) is 24.9 Å². The lowest BCUT2D eigenvalue weighted by atomic mass is 10.1. The number of aromatic nitrogens is 2. The van der Waals surface area contributed by atoms with E-state index in [0.717, 1.165) is 17.0 Å². The van der Waals surface area contributed by atoms with Gasteiger partial charge in [-0.1, -0.05) is 25.1 Å². The molecule has 0 radical (unpaired) electrons. The van der Waals surface area contributed by atoms with Gasteiger partial charge in [0.25, 0.3) is 0 Å². The highest BCUT2D eigenvalue weighted by molar-refractivity contribution is 5.97. The normalized spacial score (nSPS) is 18.0. The van der Waals surface area contributed by atoms with Crippen LogP contribution in [0.1, 0.15) is 49.4 Å². The molecule has 122 valence electrons. The Hall–Kier alpha value is -2.37. The van der Waals surface area contributed by atoms with Gasteiger partial charge < -0.3 is 14.2 Å². The summed E-state index contributed by atoms with van der Waals surface area (Å²) in [4.78, 5) is 18.7. The molecular formula is C17H21N3O3. The second-order valence-corrected chi connectivity index (χ2v) is 6.20. The van der Waals surface area contributed by atoms with E-state index in [-0.39, 0.29) is 17.7 Å². The minimum absolute atomic E-state index is 0.0619. The largest absolute Gasteiger partial charge is 0.497 e. The lowest BCUT2D eigenvalue weighted by Gasteiger charge is -2.19. The van der Waals surface area contributed by atoms with Crippen LogP contribution in [0, 0.1) is 6.92 Å². The SMILES string of the molecule is COc1ccc(C)c(N2CC(c3nc(C(C)C)no3)CC2=O)c1. The van der Waals surface area contributed by atoms with Crippen LogP contribution in [0.4, 0.5) is 5.69 Å². The van der Waals surface area contributed by atoms with E-state index in [2.05, 4.69) is 10.1 Å². The summed E-state index contributed by atoms with van der Waals surface area (Å²) in [6.45, 7) is 6.56. The van der Waals surface area contributed by atoms with Gasteiger partial charge in [-0.3, -0.25) is 4.79 Å². The summed E-state index contributed by atoms with van der Waals surface area (Å²) in [5, 5.41) is 3.99. The Morgan fingerprint density at radius 2 is 2.17 bits per heavy atom. The number of carbonyl (C=O) groups excluding carboxylic acids is 1. The zero-order valence-corrected chi connectivity index (χ0v) is 13.9. The van der Waals surface area contributed by atoms with Crippen LogP contribution in [-0.4, -0.2) is 29.7 Å². The van der Waals surface area contributed by atoms with Crippen LogP contribution in [0.25, 0.3) is 0 Å². The summed E-state index contributed by atoms with van der Waals surface area (Å²) >= 11 is 0. The number of amides is 1. The average molecular weight is 315 g/mol. The summed E-state index contributed by atoms with van der Waals surface area (Å²) in [7, 11) is 1.62. The van der Waals surface area contributed by atoms with Crippen molar-refractivity contribution >= 4 is 11.6 Å². The van der Waals surface area contributed by atoms with Gasteiger partial charge in [0.2, 0.25) is 11.8 Å². The van der Waals surface area contributed by atoms with Crippen molar-refractivity contribution in [2.24, 2.45) is 0 Å². The first-order chi connectivity index (χ1) is 11.0. The van der Waals surface area contributed by atoms with Crippen LogP contribution in [0.2, 0.25) is 0 Å². The van der Waals surface area contributed by atoms with Crippen molar-refractivity contribution in [1.29, 1.82) is 0 Å². The van der Waals surface area contributed by atoms with E-state index >= 15 is 0 Å². The fraction of sp³-hybridized carbons (Fsp3) is 0.471. The summed E-state index contributed by atoms with van der Waals surface area (Å²) in [5.41, 5.74) is 1.91. The maximum Gasteiger partial charge on any atom is 0.232 e. The molecule has 1 amide bonds. The van der Waals surface area contributed by atoms with Gasteiger partial charge in [0.05, 0.1) is 18.7 Å². The third-order valence-corrected chi connectivity index (χ3v) is 4.16. The molecule has 6 nitrogen and oxygen atoms in total. The highest BCUT2D eigenvalue weighted by Crippen LogP contribution is 2.34. The van der Waals surface area contributed by atoms with Crippen molar-refractivity contribution in [3.63, 3.8) is 0 Å². The number of benzene rings is 1. The number of rotatable bonds is 4. The maximum absolute atomic E-state index is 12.4. The van der Waals surface area contributed by atoms with Crippen molar-refractivity contribution in [2.45, 2.75) is 39.0 Å². The van der Waals surface area contributed by atoms with Crippen LogP contribution in [0.15, 0.2) is 22.7 Å². The monoisotopic (exact) mass is 315 g/mol. The molecule has 1 aliphatic heterocycles. The third-order valence-electron chi connectivity index (χ3n) is 4.16. The van der Waals surface area contributed by atoms with Crippen LogP contribution < -0.4 is 9.64 Å². The number of aryl methyl sites for hydroxylation is 1. The summed E-state index contributed by atoms with van der Waals surface area (Å²) in [6.07, 6.45) is 0.385. The van der Waals surface area contributed by atoms with Crippen LogP contribution in [0.5, 0.6) is 5.75 Å². The van der Waals surface area contributed by atoms with E-state index in [1.54, 1.807) is 12.0 Å². The van der Waals surface area contributed by atoms with E-state index < -0.39 is 0 Å². The number of anilines is 1. The van der Waals surface area contributed by atoms with E-state index in [4.69, 9.17) is 9.26 Å². The Balaban J connectivity index is 1.85. The first-order valence-electron chi connectivity index (χ1n) is 7.78. The zero-order chi connectivity index (χ0) is 16.6. The van der Waals surface area contributed by atoms with Crippen molar-refractivity contribution in [3.8, 4) is 5.75 Å². The second-order valence-electron chi connectivity index (χ2n) is 6.20. The molecule has 23 heavy (non-hydrogen) atoms. The molecule has 1 atom stereocenters. The molecule has 1 saturated heterocycles. The third kappa shape index (κ3) is 2.93. The summed E-state index contributed by atoms with van der Waals surface area (Å²) in [5.74, 6) is 2.18. The Morgan fingerprint density at radius 3 is 2.83 bits per heavy atom. The smallest absolute Gasteiger partial charge is 0.232 e. The quantitative estimate of drug-likeness (QED) is 0.867. The van der Waals surface area contributed by atoms with Crippen LogP contribution >= 0.6 is 0 Å². The number of methoxy groups -OCH3 is 1. The first kappa shape index (κ1) is 15.5. The highest BCUT2D eigenvalue weighted by atomic mass is 16.5. The molecule has 1 fully saturated rings.